The summed E-state index contributed by atoms with van der Waals surface area (Å²) in [5.74, 6) is 0. The van der Waals surface area contributed by atoms with E-state index < -0.39 is 0 Å². The van der Waals surface area contributed by atoms with E-state index in [2.05, 4.69) is 103 Å². The molecule has 6 rings (SSSR count). The Bertz CT molecular complexity index is 943. The fraction of sp³-hybridized carbons (Fsp3) is 0.148. The predicted octanol–water partition coefficient (Wildman–Crippen LogP) is 7.40. The largest absolute Gasteiger partial charge is 0.210 e. The summed E-state index contributed by atoms with van der Waals surface area (Å²) in [7, 11) is 0. The maximum atomic E-state index is 2.26. The molecule has 0 radical (unpaired) electrons. The molecule has 0 aromatic heterocycles. The van der Waals surface area contributed by atoms with E-state index in [9.17, 15) is 0 Å². The molecule has 0 spiro atoms. The number of hydrogen-bond donors (Lipinski definition) is 0. The van der Waals surface area contributed by atoms with Crippen molar-refractivity contribution in [3.63, 3.8) is 0 Å². The van der Waals surface area contributed by atoms with Gasteiger partial charge in [-0.3, -0.25) is 0 Å². The number of benzene rings is 2. The van der Waals surface area contributed by atoms with Crippen molar-refractivity contribution in [2.45, 2.75) is 25.7 Å². The summed E-state index contributed by atoms with van der Waals surface area (Å²) >= 11 is 0. The zero-order valence-corrected chi connectivity index (χ0v) is 19.7. The number of rotatable bonds is 0. The summed E-state index contributed by atoms with van der Waals surface area (Å²) < 4.78 is 0. The molecular formula is C27H25Hf-3. The summed E-state index contributed by atoms with van der Waals surface area (Å²) in [5.41, 5.74) is 3.20. The van der Waals surface area contributed by atoms with E-state index in [-0.39, 0.29) is 25.8 Å². The van der Waals surface area contributed by atoms with Gasteiger partial charge < -0.3 is 0 Å². The minimum atomic E-state index is 0. The molecule has 1 aliphatic carbocycles. The first-order valence-corrected chi connectivity index (χ1v) is 9.84. The van der Waals surface area contributed by atoms with Crippen molar-refractivity contribution in [3.8, 4) is 0 Å². The van der Waals surface area contributed by atoms with Gasteiger partial charge in [-0.15, -0.1) is 59.3 Å². The van der Waals surface area contributed by atoms with Gasteiger partial charge in [0.25, 0.3) is 0 Å². The third kappa shape index (κ3) is 5.23. The Labute approximate surface area is 186 Å². The molecule has 0 aliphatic heterocycles. The average Bonchev–Trinajstić information content (AvgIpc) is 3.48. The van der Waals surface area contributed by atoms with Crippen LogP contribution in [-0.2, 0) is 38.7 Å². The van der Waals surface area contributed by atoms with Gasteiger partial charge in [0, 0.05) is 25.8 Å². The SMILES string of the molecule is [Hf].c1cc2c([cH-]1)CCCC2.c1ccc2[cH-]ccc2c1.c1ccc2[cH-]ccc2c1. The molecule has 0 amide bonds. The van der Waals surface area contributed by atoms with Gasteiger partial charge in [-0.25, -0.2) is 6.07 Å². The van der Waals surface area contributed by atoms with Crippen LogP contribution < -0.4 is 0 Å². The van der Waals surface area contributed by atoms with Gasteiger partial charge in [-0.1, -0.05) is 37.8 Å². The molecule has 140 valence electrons. The summed E-state index contributed by atoms with van der Waals surface area (Å²) in [6, 6.07) is 36.0. The first-order valence-electron chi connectivity index (χ1n) is 9.84. The van der Waals surface area contributed by atoms with Crippen molar-refractivity contribution in [1.29, 1.82) is 0 Å². The molecule has 0 saturated heterocycles. The second-order valence-electron chi connectivity index (χ2n) is 7.09. The molecule has 1 heteroatoms. The Morgan fingerprint density at radius 1 is 0.536 bits per heavy atom. The first-order chi connectivity index (χ1) is 13.4. The van der Waals surface area contributed by atoms with Gasteiger partial charge >= 0.3 is 0 Å². The summed E-state index contributed by atoms with van der Waals surface area (Å²) in [5, 5.41) is 5.32. The van der Waals surface area contributed by atoms with Crippen molar-refractivity contribution in [3.05, 3.63) is 114 Å². The molecule has 28 heavy (non-hydrogen) atoms. The molecule has 0 fully saturated rings. The van der Waals surface area contributed by atoms with Gasteiger partial charge in [-0.05, 0) is 0 Å². The van der Waals surface area contributed by atoms with Crippen molar-refractivity contribution in [2.75, 3.05) is 0 Å². The van der Waals surface area contributed by atoms with Crippen molar-refractivity contribution >= 4 is 21.5 Å². The van der Waals surface area contributed by atoms with Gasteiger partial charge in [0.1, 0.15) is 0 Å². The number of fused-ring (bicyclic) bond motifs is 3. The second-order valence-corrected chi connectivity index (χ2v) is 7.09. The standard InChI is InChI=1S/C9H11.2C9H7.Hf/c3*1-2-5-9-7-3-6-8(9)4-1;/h3,6-7H,1-2,4-5H2;2*1-7H;/q3*-1;. The molecule has 0 unspecified atom stereocenters. The van der Waals surface area contributed by atoms with Crippen LogP contribution in [0.4, 0.5) is 0 Å². The quantitative estimate of drug-likeness (QED) is 0.145. The van der Waals surface area contributed by atoms with Gasteiger partial charge in [-0.2, -0.15) is 58.3 Å². The Morgan fingerprint density at radius 2 is 1.07 bits per heavy atom. The van der Waals surface area contributed by atoms with Crippen LogP contribution in [0.3, 0.4) is 0 Å². The molecule has 5 aromatic rings. The molecule has 0 nitrogen and oxygen atoms in total. The van der Waals surface area contributed by atoms with Gasteiger partial charge in [0.15, 0.2) is 0 Å². The van der Waals surface area contributed by atoms with E-state index >= 15 is 0 Å². The molecule has 1 aliphatic rings. The predicted molar refractivity (Wildman–Crippen MR) is 118 cm³/mol. The fourth-order valence-corrected chi connectivity index (χ4v) is 3.75. The van der Waals surface area contributed by atoms with Crippen molar-refractivity contribution in [1.82, 2.24) is 0 Å². The van der Waals surface area contributed by atoms with Crippen LogP contribution in [0.15, 0.2) is 103 Å². The van der Waals surface area contributed by atoms with Crippen molar-refractivity contribution in [2.24, 2.45) is 0 Å². The maximum absolute atomic E-state index is 2.26. The van der Waals surface area contributed by atoms with Crippen LogP contribution >= 0.6 is 0 Å². The summed E-state index contributed by atoms with van der Waals surface area (Å²) in [6.07, 6.45) is 5.44. The van der Waals surface area contributed by atoms with E-state index in [4.69, 9.17) is 0 Å². The molecular weight excluding hydrogens is 503 g/mol. The fourth-order valence-electron chi connectivity index (χ4n) is 3.75. The molecule has 0 heterocycles. The monoisotopic (exact) mass is 529 g/mol. The average molecular weight is 528 g/mol. The summed E-state index contributed by atoms with van der Waals surface area (Å²) in [4.78, 5) is 0. The van der Waals surface area contributed by atoms with Crippen LogP contribution in [0.2, 0.25) is 0 Å². The minimum Gasteiger partial charge on any atom is -0.210 e. The zero-order valence-electron chi connectivity index (χ0n) is 16.1. The molecule has 5 aromatic carbocycles. The third-order valence-corrected chi connectivity index (χ3v) is 5.24. The van der Waals surface area contributed by atoms with E-state index in [0.29, 0.717) is 0 Å². The van der Waals surface area contributed by atoms with E-state index in [1.54, 1.807) is 11.1 Å². The Kier molecular flexibility index (Phi) is 7.68. The van der Waals surface area contributed by atoms with E-state index in [1.165, 1.54) is 47.2 Å². The summed E-state index contributed by atoms with van der Waals surface area (Å²) in [6.45, 7) is 0. The smallest absolute Gasteiger partial charge is 0 e. The third-order valence-electron chi connectivity index (χ3n) is 5.24. The topological polar surface area (TPSA) is 0 Å². The number of aryl methyl sites for hydroxylation is 2. The molecule has 0 bridgehead atoms. The van der Waals surface area contributed by atoms with E-state index in [0.717, 1.165) is 0 Å². The van der Waals surface area contributed by atoms with Crippen LogP contribution in [-0.4, -0.2) is 0 Å². The number of hydrogen-bond acceptors (Lipinski definition) is 0. The Balaban J connectivity index is 0.000000118. The minimum absolute atomic E-state index is 0. The molecule has 0 saturated carbocycles. The first kappa shape index (κ1) is 20.6. The normalized spacial score (nSPS) is 12.1. The van der Waals surface area contributed by atoms with Crippen molar-refractivity contribution < 1.29 is 25.8 Å². The van der Waals surface area contributed by atoms with Crippen LogP contribution in [0.25, 0.3) is 21.5 Å². The second kappa shape index (κ2) is 10.4. The zero-order chi connectivity index (χ0) is 18.3. The van der Waals surface area contributed by atoms with Gasteiger partial charge in [0.2, 0.25) is 0 Å². The molecule has 0 atom stereocenters. The Morgan fingerprint density at radius 3 is 1.64 bits per heavy atom. The molecule has 0 N–H and O–H groups in total. The maximum Gasteiger partial charge on any atom is 0 e. The van der Waals surface area contributed by atoms with Crippen LogP contribution in [0, 0.1) is 0 Å². The van der Waals surface area contributed by atoms with Crippen LogP contribution in [0.5, 0.6) is 0 Å². The van der Waals surface area contributed by atoms with E-state index in [1.807, 2.05) is 0 Å². The Hall–Kier alpha value is -2.12. The van der Waals surface area contributed by atoms with Crippen LogP contribution in [0.1, 0.15) is 24.0 Å². The van der Waals surface area contributed by atoms with Gasteiger partial charge in [0.05, 0.1) is 0 Å².